The van der Waals surface area contributed by atoms with Crippen molar-refractivity contribution in [3.63, 3.8) is 0 Å². The quantitative estimate of drug-likeness (QED) is 0.148. The molecule has 0 fully saturated rings. The van der Waals surface area contributed by atoms with Crippen molar-refractivity contribution in [2.75, 3.05) is 19.0 Å². The Morgan fingerprint density at radius 1 is 0.947 bits per heavy atom. The first kappa shape index (κ1) is 26.6. The molecule has 11 heteroatoms. The van der Waals surface area contributed by atoms with Crippen molar-refractivity contribution in [2.45, 2.75) is 26.2 Å². The average molecular weight is 536 g/mol. The van der Waals surface area contributed by atoms with E-state index in [0.717, 1.165) is 29.7 Å². The molecular formula is C27H25N3O7S. The number of fused-ring (bicyclic) bond motifs is 1. The lowest BCUT2D eigenvalue weighted by molar-refractivity contribution is -0.136. The lowest BCUT2D eigenvalue weighted by Crippen LogP contribution is -2.32. The van der Waals surface area contributed by atoms with Crippen LogP contribution in [0.4, 0.5) is 5.00 Å². The van der Waals surface area contributed by atoms with Crippen LogP contribution < -0.4 is 20.2 Å². The van der Waals surface area contributed by atoms with Gasteiger partial charge in [0.15, 0.2) is 0 Å². The van der Waals surface area contributed by atoms with Gasteiger partial charge < -0.3 is 19.5 Å². The van der Waals surface area contributed by atoms with E-state index in [-0.39, 0.29) is 6.61 Å². The maximum atomic E-state index is 12.4. The predicted molar refractivity (Wildman–Crippen MR) is 141 cm³/mol. The van der Waals surface area contributed by atoms with Crippen LogP contribution in [0.1, 0.15) is 50.1 Å². The second-order valence-electron chi connectivity index (χ2n) is 8.12. The van der Waals surface area contributed by atoms with Crippen LogP contribution in [0.5, 0.6) is 11.5 Å². The molecule has 2 amide bonds. The summed E-state index contributed by atoms with van der Waals surface area (Å²) in [4.78, 5) is 50.4. The Labute approximate surface area is 222 Å². The van der Waals surface area contributed by atoms with Gasteiger partial charge in [-0.2, -0.15) is 5.10 Å². The van der Waals surface area contributed by atoms with Crippen molar-refractivity contribution in [3.8, 4) is 11.5 Å². The number of amides is 2. The van der Waals surface area contributed by atoms with Crippen molar-refractivity contribution < 1.29 is 33.4 Å². The molecule has 0 radical (unpaired) electrons. The third-order valence-electron chi connectivity index (χ3n) is 5.63. The molecule has 0 atom stereocenters. The second-order valence-corrected chi connectivity index (χ2v) is 9.23. The molecule has 1 aliphatic rings. The smallest absolute Gasteiger partial charge is 0.343 e. The molecule has 4 rings (SSSR count). The van der Waals surface area contributed by atoms with Crippen LogP contribution in [-0.4, -0.2) is 43.7 Å². The van der Waals surface area contributed by atoms with Gasteiger partial charge in [0.25, 0.3) is 0 Å². The number of thiophene rings is 1. The third kappa shape index (κ3) is 6.24. The molecule has 38 heavy (non-hydrogen) atoms. The number of hydrogen-bond donors (Lipinski definition) is 2. The highest BCUT2D eigenvalue weighted by Gasteiger charge is 2.29. The van der Waals surface area contributed by atoms with Crippen LogP contribution in [0.2, 0.25) is 0 Å². The fraction of sp³-hybridized carbons (Fsp3) is 0.222. The number of nitrogens with zero attached hydrogens (tertiary/aromatic N) is 1. The van der Waals surface area contributed by atoms with Crippen molar-refractivity contribution >= 4 is 46.3 Å². The van der Waals surface area contributed by atoms with Gasteiger partial charge in [-0.1, -0.05) is 0 Å². The van der Waals surface area contributed by atoms with E-state index < -0.39 is 23.8 Å². The Kier molecular flexibility index (Phi) is 8.49. The number of hydrazone groups is 1. The summed E-state index contributed by atoms with van der Waals surface area (Å²) in [6, 6.07) is 12.9. The molecule has 196 valence electrons. The van der Waals surface area contributed by atoms with Crippen LogP contribution in [0.25, 0.3) is 0 Å². The normalized spacial score (nSPS) is 12.1. The van der Waals surface area contributed by atoms with Gasteiger partial charge in [0.2, 0.25) is 0 Å². The highest BCUT2D eigenvalue weighted by molar-refractivity contribution is 7.17. The van der Waals surface area contributed by atoms with Crippen LogP contribution in [0, 0.1) is 0 Å². The summed E-state index contributed by atoms with van der Waals surface area (Å²) < 4.78 is 15.5. The molecule has 3 aromatic rings. The molecule has 2 N–H and O–H groups in total. The predicted octanol–water partition coefficient (Wildman–Crippen LogP) is 3.73. The largest absolute Gasteiger partial charge is 0.497 e. The number of ether oxygens (including phenoxy) is 3. The molecule has 0 saturated carbocycles. The number of rotatable bonds is 8. The zero-order valence-electron chi connectivity index (χ0n) is 20.7. The number of hydrogen-bond acceptors (Lipinski definition) is 9. The number of benzene rings is 2. The van der Waals surface area contributed by atoms with Crippen LogP contribution in [-0.2, 0) is 27.2 Å². The Hall–Kier alpha value is -4.51. The monoisotopic (exact) mass is 535 g/mol. The Morgan fingerprint density at radius 3 is 2.34 bits per heavy atom. The molecule has 2 aromatic carbocycles. The van der Waals surface area contributed by atoms with Gasteiger partial charge in [-0.15, -0.1) is 11.3 Å². The van der Waals surface area contributed by atoms with Gasteiger partial charge in [0, 0.05) is 4.88 Å². The van der Waals surface area contributed by atoms with Crippen molar-refractivity contribution in [3.05, 3.63) is 75.7 Å². The van der Waals surface area contributed by atoms with E-state index in [1.54, 1.807) is 55.5 Å². The van der Waals surface area contributed by atoms with E-state index in [4.69, 9.17) is 14.2 Å². The maximum Gasteiger partial charge on any atom is 0.343 e. The van der Waals surface area contributed by atoms with Gasteiger partial charge in [-0.05, 0) is 85.8 Å². The number of esters is 2. The van der Waals surface area contributed by atoms with Crippen molar-refractivity contribution in [1.82, 2.24) is 5.43 Å². The topological polar surface area (TPSA) is 132 Å². The standard InChI is InChI=1S/C27H25N3O7S/c1-3-36-27(34)22-20-5-4-6-21(20)38-25(22)29-23(31)24(32)30-28-15-16-7-11-19(12-8-16)37-26(33)17-9-13-18(35-2)14-10-17/h7-15H,3-6H2,1-2H3,(H,29,31)(H,30,32)/b28-15+. The number of anilines is 1. The van der Waals surface area contributed by atoms with Gasteiger partial charge in [-0.25, -0.2) is 15.0 Å². The molecule has 10 nitrogen and oxygen atoms in total. The molecule has 1 aliphatic carbocycles. The minimum atomic E-state index is -0.991. The minimum Gasteiger partial charge on any atom is -0.497 e. The zero-order chi connectivity index (χ0) is 27.1. The molecule has 0 aliphatic heterocycles. The Morgan fingerprint density at radius 2 is 1.66 bits per heavy atom. The number of aryl methyl sites for hydroxylation is 1. The van der Waals surface area contributed by atoms with E-state index in [1.165, 1.54) is 24.7 Å². The van der Waals surface area contributed by atoms with E-state index >= 15 is 0 Å². The molecule has 0 spiro atoms. The van der Waals surface area contributed by atoms with E-state index in [9.17, 15) is 19.2 Å². The van der Waals surface area contributed by atoms with Gasteiger partial charge in [0.05, 0.1) is 31.1 Å². The van der Waals surface area contributed by atoms with Crippen molar-refractivity contribution in [1.29, 1.82) is 0 Å². The zero-order valence-corrected chi connectivity index (χ0v) is 21.6. The number of carbonyl (C=O) groups is 4. The Balaban J connectivity index is 1.31. The first-order chi connectivity index (χ1) is 18.4. The first-order valence-corrected chi connectivity index (χ1v) is 12.6. The minimum absolute atomic E-state index is 0.206. The highest BCUT2D eigenvalue weighted by Crippen LogP contribution is 2.39. The summed E-state index contributed by atoms with van der Waals surface area (Å²) in [6.45, 7) is 1.91. The maximum absolute atomic E-state index is 12.4. The van der Waals surface area contributed by atoms with E-state index in [2.05, 4.69) is 15.8 Å². The van der Waals surface area contributed by atoms with Crippen LogP contribution >= 0.6 is 11.3 Å². The molecule has 0 bridgehead atoms. The second kappa shape index (κ2) is 12.2. The van der Waals surface area contributed by atoms with Gasteiger partial charge in [0.1, 0.15) is 16.5 Å². The Bertz CT molecular complexity index is 1380. The SMILES string of the molecule is CCOC(=O)c1c(NC(=O)C(=O)N/N=C/c2ccc(OC(=O)c3ccc(OC)cc3)cc2)sc2c1CCC2. The molecule has 0 unspecified atom stereocenters. The number of methoxy groups -OCH3 is 1. The molecule has 1 heterocycles. The average Bonchev–Trinajstić information content (AvgIpc) is 3.50. The van der Waals surface area contributed by atoms with Crippen LogP contribution in [0.3, 0.4) is 0 Å². The number of nitrogens with one attached hydrogen (secondary N) is 2. The summed E-state index contributed by atoms with van der Waals surface area (Å²) in [6.07, 6.45) is 3.82. The fourth-order valence-corrected chi connectivity index (χ4v) is 5.08. The lowest BCUT2D eigenvalue weighted by atomic mass is 10.1. The van der Waals surface area contributed by atoms with Crippen molar-refractivity contribution in [2.24, 2.45) is 5.10 Å². The number of carbonyl (C=O) groups excluding carboxylic acids is 4. The van der Waals surface area contributed by atoms with Gasteiger partial charge in [-0.3, -0.25) is 9.59 Å². The lowest BCUT2D eigenvalue weighted by Gasteiger charge is -2.07. The van der Waals surface area contributed by atoms with Crippen LogP contribution in [0.15, 0.2) is 53.6 Å². The van der Waals surface area contributed by atoms with E-state index in [0.29, 0.717) is 33.2 Å². The molecule has 1 aromatic heterocycles. The highest BCUT2D eigenvalue weighted by atomic mass is 32.1. The van der Waals surface area contributed by atoms with E-state index in [1.807, 2.05) is 0 Å². The van der Waals surface area contributed by atoms with Gasteiger partial charge >= 0.3 is 23.8 Å². The first-order valence-electron chi connectivity index (χ1n) is 11.8. The fourth-order valence-electron chi connectivity index (χ4n) is 3.80. The summed E-state index contributed by atoms with van der Waals surface area (Å²) in [7, 11) is 1.54. The summed E-state index contributed by atoms with van der Waals surface area (Å²) in [5.41, 5.74) is 4.33. The summed E-state index contributed by atoms with van der Waals surface area (Å²) in [5.74, 6) is -2.02. The summed E-state index contributed by atoms with van der Waals surface area (Å²) >= 11 is 1.28. The third-order valence-corrected chi connectivity index (χ3v) is 6.84. The summed E-state index contributed by atoms with van der Waals surface area (Å²) in [5, 5.41) is 6.62. The molecule has 0 saturated heterocycles. The molecular weight excluding hydrogens is 510 g/mol.